The van der Waals surface area contributed by atoms with Crippen LogP contribution in [0.25, 0.3) is 0 Å². The standard InChI is InChI=1S/C16H13BrClN3O3/c1-9-12(18)3-2-4-13(9)20-15(23)16(24)21-19-8-10-7-11(17)5-6-14(10)22/h2-8,22H,1H3,(H,20,23)(H,21,24). The van der Waals surface area contributed by atoms with Crippen LogP contribution in [0, 0.1) is 6.92 Å². The zero-order valence-corrected chi connectivity index (χ0v) is 14.9. The van der Waals surface area contributed by atoms with E-state index in [9.17, 15) is 14.7 Å². The smallest absolute Gasteiger partial charge is 0.329 e. The third-order valence-corrected chi connectivity index (χ3v) is 3.98. The van der Waals surface area contributed by atoms with Crippen molar-refractivity contribution in [2.75, 3.05) is 5.32 Å². The van der Waals surface area contributed by atoms with Crippen molar-refractivity contribution in [2.24, 2.45) is 5.10 Å². The maximum absolute atomic E-state index is 11.8. The number of phenols is 1. The quantitative estimate of drug-likeness (QED) is 0.412. The number of carbonyl (C=O) groups is 2. The molecule has 2 aromatic carbocycles. The first-order valence-electron chi connectivity index (χ1n) is 6.76. The number of hydrogen-bond acceptors (Lipinski definition) is 4. The van der Waals surface area contributed by atoms with Gasteiger partial charge in [-0.3, -0.25) is 9.59 Å². The van der Waals surface area contributed by atoms with Crippen LogP contribution in [-0.4, -0.2) is 23.1 Å². The van der Waals surface area contributed by atoms with Crippen LogP contribution in [-0.2, 0) is 9.59 Å². The third kappa shape index (κ3) is 4.56. The van der Waals surface area contributed by atoms with Crippen molar-refractivity contribution < 1.29 is 14.7 Å². The number of halogens is 2. The molecule has 0 bridgehead atoms. The van der Waals surface area contributed by atoms with Gasteiger partial charge in [0.2, 0.25) is 0 Å². The highest BCUT2D eigenvalue weighted by molar-refractivity contribution is 9.10. The molecule has 0 atom stereocenters. The number of amides is 2. The van der Waals surface area contributed by atoms with Crippen LogP contribution in [0.5, 0.6) is 5.75 Å². The number of phenolic OH excluding ortho intramolecular Hbond substituents is 1. The van der Waals surface area contributed by atoms with E-state index in [1.54, 1.807) is 37.3 Å². The average molecular weight is 411 g/mol. The zero-order valence-electron chi connectivity index (χ0n) is 12.5. The van der Waals surface area contributed by atoms with Gasteiger partial charge in [-0.1, -0.05) is 33.6 Å². The molecule has 124 valence electrons. The van der Waals surface area contributed by atoms with Crippen molar-refractivity contribution in [2.45, 2.75) is 6.92 Å². The summed E-state index contributed by atoms with van der Waals surface area (Å²) in [6, 6.07) is 9.72. The third-order valence-electron chi connectivity index (χ3n) is 3.08. The molecule has 0 aliphatic carbocycles. The maximum Gasteiger partial charge on any atom is 0.329 e. The Kier molecular flexibility index (Phi) is 5.94. The summed E-state index contributed by atoms with van der Waals surface area (Å²) in [6.45, 7) is 1.73. The summed E-state index contributed by atoms with van der Waals surface area (Å²) in [7, 11) is 0. The molecule has 0 aliphatic heterocycles. The van der Waals surface area contributed by atoms with Crippen molar-refractivity contribution in [3.05, 3.63) is 57.0 Å². The fraction of sp³-hybridized carbons (Fsp3) is 0.0625. The fourth-order valence-corrected chi connectivity index (χ4v) is 2.32. The molecule has 0 aromatic heterocycles. The highest BCUT2D eigenvalue weighted by atomic mass is 79.9. The summed E-state index contributed by atoms with van der Waals surface area (Å²) in [4.78, 5) is 23.6. The van der Waals surface area contributed by atoms with E-state index in [4.69, 9.17) is 11.6 Å². The van der Waals surface area contributed by atoms with E-state index in [-0.39, 0.29) is 5.75 Å². The number of benzene rings is 2. The molecule has 0 saturated carbocycles. The molecule has 0 unspecified atom stereocenters. The van der Waals surface area contributed by atoms with Gasteiger partial charge in [0.15, 0.2) is 0 Å². The molecule has 0 aliphatic rings. The van der Waals surface area contributed by atoms with Gasteiger partial charge in [-0.05, 0) is 42.8 Å². The topological polar surface area (TPSA) is 90.8 Å². The molecule has 6 nitrogen and oxygen atoms in total. The van der Waals surface area contributed by atoms with Gasteiger partial charge >= 0.3 is 11.8 Å². The van der Waals surface area contributed by atoms with Crippen LogP contribution < -0.4 is 10.7 Å². The van der Waals surface area contributed by atoms with E-state index < -0.39 is 11.8 Å². The van der Waals surface area contributed by atoms with Crippen LogP contribution in [0.4, 0.5) is 5.69 Å². The molecule has 0 fully saturated rings. The van der Waals surface area contributed by atoms with Crippen molar-refractivity contribution in [3.63, 3.8) is 0 Å². The van der Waals surface area contributed by atoms with Crippen molar-refractivity contribution in [3.8, 4) is 5.75 Å². The second-order valence-corrected chi connectivity index (χ2v) is 6.09. The Labute approximate surface area is 151 Å². The van der Waals surface area contributed by atoms with E-state index in [2.05, 4.69) is 31.8 Å². The monoisotopic (exact) mass is 409 g/mol. The maximum atomic E-state index is 11.8. The molecule has 0 spiro atoms. The minimum atomic E-state index is -0.944. The number of hydrazone groups is 1. The van der Waals surface area contributed by atoms with Gasteiger partial charge in [0.05, 0.1) is 6.21 Å². The van der Waals surface area contributed by atoms with E-state index >= 15 is 0 Å². The lowest BCUT2D eigenvalue weighted by molar-refractivity contribution is -0.136. The molecule has 2 amide bonds. The number of anilines is 1. The predicted octanol–water partition coefficient (Wildman–Crippen LogP) is 3.21. The Morgan fingerprint density at radius 1 is 1.25 bits per heavy atom. The fourth-order valence-electron chi connectivity index (χ4n) is 1.76. The minimum absolute atomic E-state index is 0.00444. The molecule has 2 rings (SSSR count). The summed E-state index contributed by atoms with van der Waals surface area (Å²) in [5.41, 5.74) is 3.57. The molecule has 24 heavy (non-hydrogen) atoms. The number of nitrogens with zero attached hydrogens (tertiary/aromatic N) is 1. The lowest BCUT2D eigenvalue weighted by Gasteiger charge is -2.08. The van der Waals surface area contributed by atoms with Gasteiger partial charge in [0, 0.05) is 20.7 Å². The Bertz CT molecular complexity index is 824. The van der Waals surface area contributed by atoms with Gasteiger partial charge in [-0.25, -0.2) is 5.43 Å². The van der Waals surface area contributed by atoms with Crippen molar-refractivity contribution in [1.29, 1.82) is 0 Å². The Hall–Kier alpha value is -2.38. The number of nitrogens with one attached hydrogen (secondary N) is 2. The second kappa shape index (κ2) is 7.94. The summed E-state index contributed by atoms with van der Waals surface area (Å²) in [5, 5.41) is 16.2. The summed E-state index contributed by atoms with van der Waals surface area (Å²) < 4.78 is 0.738. The number of aromatic hydroxyl groups is 1. The Morgan fingerprint density at radius 2 is 2.00 bits per heavy atom. The molecule has 2 aromatic rings. The molecule has 8 heteroatoms. The first kappa shape index (κ1) is 18.0. The van der Waals surface area contributed by atoms with Gasteiger partial charge < -0.3 is 10.4 Å². The van der Waals surface area contributed by atoms with Crippen molar-refractivity contribution in [1.82, 2.24) is 5.43 Å². The van der Waals surface area contributed by atoms with Crippen LogP contribution in [0.15, 0.2) is 46.0 Å². The normalized spacial score (nSPS) is 10.6. The van der Waals surface area contributed by atoms with E-state index in [0.29, 0.717) is 21.8 Å². The van der Waals surface area contributed by atoms with Crippen LogP contribution in [0.2, 0.25) is 5.02 Å². The molecular weight excluding hydrogens is 398 g/mol. The molecule has 0 heterocycles. The summed E-state index contributed by atoms with van der Waals surface area (Å²) in [5.74, 6) is -1.83. The lowest BCUT2D eigenvalue weighted by Crippen LogP contribution is -2.32. The largest absolute Gasteiger partial charge is 0.507 e. The number of carbonyl (C=O) groups excluding carboxylic acids is 2. The number of hydrogen-bond donors (Lipinski definition) is 3. The summed E-state index contributed by atoms with van der Waals surface area (Å²) >= 11 is 9.21. The van der Waals surface area contributed by atoms with E-state index in [1.807, 2.05) is 0 Å². The molecule has 0 saturated heterocycles. The minimum Gasteiger partial charge on any atom is -0.507 e. The average Bonchev–Trinajstić information content (AvgIpc) is 2.54. The zero-order chi connectivity index (χ0) is 17.7. The van der Waals surface area contributed by atoms with E-state index in [0.717, 1.165) is 4.47 Å². The van der Waals surface area contributed by atoms with Gasteiger partial charge in [-0.15, -0.1) is 0 Å². The Morgan fingerprint density at radius 3 is 2.75 bits per heavy atom. The van der Waals surface area contributed by atoms with Crippen molar-refractivity contribution >= 4 is 51.2 Å². The SMILES string of the molecule is Cc1c(Cl)cccc1NC(=O)C(=O)NN=Cc1cc(Br)ccc1O. The molecular formula is C16H13BrClN3O3. The summed E-state index contributed by atoms with van der Waals surface area (Å²) in [6.07, 6.45) is 1.23. The van der Waals surface area contributed by atoms with Crippen LogP contribution in [0.3, 0.4) is 0 Å². The van der Waals surface area contributed by atoms with Gasteiger partial charge in [-0.2, -0.15) is 5.10 Å². The Balaban J connectivity index is 1.99. The van der Waals surface area contributed by atoms with E-state index in [1.165, 1.54) is 12.3 Å². The van der Waals surface area contributed by atoms with Gasteiger partial charge in [0.1, 0.15) is 5.75 Å². The first-order chi connectivity index (χ1) is 11.4. The van der Waals surface area contributed by atoms with Gasteiger partial charge in [0.25, 0.3) is 0 Å². The molecule has 0 radical (unpaired) electrons. The van der Waals surface area contributed by atoms with Crippen LogP contribution >= 0.6 is 27.5 Å². The first-order valence-corrected chi connectivity index (χ1v) is 7.93. The highest BCUT2D eigenvalue weighted by Gasteiger charge is 2.14. The molecule has 3 N–H and O–H groups in total. The lowest BCUT2D eigenvalue weighted by atomic mass is 10.2. The number of rotatable bonds is 3. The van der Waals surface area contributed by atoms with Crippen LogP contribution in [0.1, 0.15) is 11.1 Å². The second-order valence-electron chi connectivity index (χ2n) is 4.77. The predicted molar refractivity (Wildman–Crippen MR) is 96.4 cm³/mol. The highest BCUT2D eigenvalue weighted by Crippen LogP contribution is 2.23.